The van der Waals surface area contributed by atoms with E-state index < -0.39 is 0 Å². The van der Waals surface area contributed by atoms with Crippen molar-refractivity contribution in [1.82, 2.24) is 0 Å². The van der Waals surface area contributed by atoms with E-state index in [1.54, 1.807) is 0 Å². The Balaban J connectivity index is 1.90. The van der Waals surface area contributed by atoms with Crippen LogP contribution in [-0.4, -0.2) is 6.10 Å². The van der Waals surface area contributed by atoms with Crippen molar-refractivity contribution in [1.29, 1.82) is 0 Å². The van der Waals surface area contributed by atoms with Crippen molar-refractivity contribution in [3.63, 3.8) is 0 Å². The Labute approximate surface area is 79.7 Å². The lowest BCUT2D eigenvalue weighted by Gasteiger charge is -2.22. The van der Waals surface area contributed by atoms with E-state index in [4.69, 9.17) is 4.74 Å². The molecule has 0 amide bonds. The van der Waals surface area contributed by atoms with Gasteiger partial charge in [-0.3, -0.25) is 0 Å². The van der Waals surface area contributed by atoms with Crippen molar-refractivity contribution < 1.29 is 4.74 Å². The van der Waals surface area contributed by atoms with E-state index >= 15 is 0 Å². The normalized spacial score (nSPS) is 18.5. The molecule has 1 aromatic rings. The molecule has 1 unspecified atom stereocenters. The van der Waals surface area contributed by atoms with E-state index in [1.165, 1.54) is 25.7 Å². The van der Waals surface area contributed by atoms with Crippen molar-refractivity contribution in [3.05, 3.63) is 36.8 Å². The minimum atomic E-state index is 0.344. The Hall–Kier alpha value is -0.980. The predicted octanol–water partition coefficient (Wildman–Crippen LogP) is 3.21. The first kappa shape index (κ1) is 8.61. The molecule has 69 valence electrons. The number of para-hydroxylation sites is 1. The molecule has 0 aliphatic heterocycles. The zero-order valence-electron chi connectivity index (χ0n) is 7.78. The minimum absolute atomic E-state index is 0.344. The van der Waals surface area contributed by atoms with Crippen LogP contribution < -0.4 is 4.74 Å². The molecule has 1 saturated carbocycles. The van der Waals surface area contributed by atoms with Crippen LogP contribution >= 0.6 is 0 Å². The van der Waals surface area contributed by atoms with Gasteiger partial charge in [0.1, 0.15) is 11.9 Å². The summed E-state index contributed by atoms with van der Waals surface area (Å²) in [4.78, 5) is 0. The summed E-state index contributed by atoms with van der Waals surface area (Å²) in [6, 6.07) is 10.1. The quantitative estimate of drug-likeness (QED) is 0.670. The molecule has 1 aromatic carbocycles. The van der Waals surface area contributed by atoms with Crippen LogP contribution in [0.15, 0.2) is 30.3 Å². The highest BCUT2D eigenvalue weighted by molar-refractivity contribution is 5.21. The van der Waals surface area contributed by atoms with Crippen LogP contribution in [0.25, 0.3) is 0 Å². The van der Waals surface area contributed by atoms with E-state index in [-0.39, 0.29) is 0 Å². The minimum Gasteiger partial charge on any atom is -0.490 e. The molecule has 13 heavy (non-hydrogen) atoms. The average Bonchev–Trinajstić information content (AvgIpc) is 2.21. The van der Waals surface area contributed by atoms with Gasteiger partial charge in [-0.1, -0.05) is 24.6 Å². The summed E-state index contributed by atoms with van der Waals surface area (Å²) in [7, 11) is 0. The fourth-order valence-corrected chi connectivity index (χ4v) is 1.69. The van der Waals surface area contributed by atoms with E-state index in [0.29, 0.717) is 6.10 Å². The lowest BCUT2D eigenvalue weighted by molar-refractivity contribution is 0.199. The number of benzene rings is 1. The monoisotopic (exact) mass is 175 g/mol. The molecule has 0 aromatic heterocycles. The van der Waals surface area contributed by atoms with Gasteiger partial charge in [0.15, 0.2) is 0 Å². The predicted molar refractivity (Wildman–Crippen MR) is 53.6 cm³/mol. The lowest BCUT2D eigenvalue weighted by Crippen LogP contribution is -2.20. The second-order valence-electron chi connectivity index (χ2n) is 3.49. The van der Waals surface area contributed by atoms with Gasteiger partial charge in [-0.25, -0.2) is 0 Å². The highest BCUT2D eigenvalue weighted by Gasteiger charge is 2.14. The molecule has 0 saturated heterocycles. The van der Waals surface area contributed by atoms with Crippen molar-refractivity contribution >= 4 is 0 Å². The van der Waals surface area contributed by atoms with Crippen LogP contribution in [0, 0.1) is 6.42 Å². The van der Waals surface area contributed by atoms with Crippen LogP contribution in [0.3, 0.4) is 0 Å². The zero-order chi connectivity index (χ0) is 8.93. The van der Waals surface area contributed by atoms with Gasteiger partial charge in [0.2, 0.25) is 0 Å². The molecule has 1 aliphatic carbocycles. The zero-order valence-corrected chi connectivity index (χ0v) is 7.78. The average molecular weight is 175 g/mol. The van der Waals surface area contributed by atoms with Crippen LogP contribution in [0.1, 0.15) is 25.7 Å². The summed E-state index contributed by atoms with van der Waals surface area (Å²) < 4.78 is 5.80. The number of rotatable bonds is 2. The van der Waals surface area contributed by atoms with Gasteiger partial charge in [-0.15, -0.1) is 0 Å². The Kier molecular flexibility index (Phi) is 2.86. The Morgan fingerprint density at radius 1 is 1.08 bits per heavy atom. The second-order valence-corrected chi connectivity index (χ2v) is 3.49. The highest BCUT2D eigenvalue weighted by atomic mass is 16.5. The number of hydrogen-bond acceptors (Lipinski definition) is 1. The molecule has 0 spiro atoms. The Morgan fingerprint density at radius 2 is 1.92 bits per heavy atom. The molecule has 0 N–H and O–H groups in total. The van der Waals surface area contributed by atoms with Crippen molar-refractivity contribution in [3.8, 4) is 5.75 Å². The molecule has 1 heteroatoms. The third-order valence-electron chi connectivity index (χ3n) is 2.40. The maximum Gasteiger partial charge on any atom is 0.119 e. The molecule has 2 rings (SSSR count). The van der Waals surface area contributed by atoms with Crippen LogP contribution in [0.4, 0.5) is 0 Å². The topological polar surface area (TPSA) is 9.23 Å². The molecule has 1 atom stereocenters. The van der Waals surface area contributed by atoms with Crippen molar-refractivity contribution in [2.75, 3.05) is 0 Å². The van der Waals surface area contributed by atoms with Gasteiger partial charge in [-0.2, -0.15) is 0 Å². The van der Waals surface area contributed by atoms with E-state index in [9.17, 15) is 0 Å². The van der Waals surface area contributed by atoms with E-state index in [1.807, 2.05) is 30.3 Å². The largest absolute Gasteiger partial charge is 0.490 e. The summed E-state index contributed by atoms with van der Waals surface area (Å²) in [5.41, 5.74) is 0. The van der Waals surface area contributed by atoms with Gasteiger partial charge in [0.05, 0.1) is 0 Å². The van der Waals surface area contributed by atoms with Crippen LogP contribution in [0.5, 0.6) is 5.75 Å². The summed E-state index contributed by atoms with van der Waals surface area (Å²) >= 11 is 0. The smallest absolute Gasteiger partial charge is 0.119 e. The van der Waals surface area contributed by atoms with Gasteiger partial charge >= 0.3 is 0 Å². The first-order chi connectivity index (χ1) is 6.45. The van der Waals surface area contributed by atoms with E-state index in [0.717, 1.165) is 5.75 Å². The molecule has 0 heterocycles. The maximum atomic E-state index is 5.80. The SMILES string of the molecule is [CH]1CCCCC1Oc1ccccc1. The fourth-order valence-electron chi connectivity index (χ4n) is 1.69. The molecule has 1 aliphatic rings. The lowest BCUT2D eigenvalue weighted by atomic mass is 9.98. The van der Waals surface area contributed by atoms with Crippen molar-refractivity contribution in [2.45, 2.75) is 31.8 Å². The van der Waals surface area contributed by atoms with Gasteiger partial charge in [0, 0.05) is 6.42 Å². The Bertz CT molecular complexity index is 237. The summed E-state index contributed by atoms with van der Waals surface area (Å²) in [5.74, 6) is 0.991. The van der Waals surface area contributed by atoms with E-state index in [2.05, 4.69) is 6.42 Å². The highest BCUT2D eigenvalue weighted by Crippen LogP contribution is 2.21. The van der Waals surface area contributed by atoms with Crippen LogP contribution in [-0.2, 0) is 0 Å². The standard InChI is InChI=1S/C12H15O/c1-3-7-11(8-4-1)13-12-9-5-2-6-10-12/h1,3-4,7-9,12H,2,5-6,10H2. The number of ether oxygens (including phenoxy) is 1. The summed E-state index contributed by atoms with van der Waals surface area (Å²) in [6.07, 6.45) is 7.64. The first-order valence-corrected chi connectivity index (χ1v) is 5.00. The Morgan fingerprint density at radius 3 is 2.62 bits per heavy atom. The third kappa shape index (κ3) is 2.48. The van der Waals surface area contributed by atoms with Gasteiger partial charge in [-0.05, 0) is 31.4 Å². The van der Waals surface area contributed by atoms with Gasteiger partial charge in [0.25, 0.3) is 0 Å². The molecule has 1 fully saturated rings. The molecular weight excluding hydrogens is 160 g/mol. The molecule has 1 radical (unpaired) electrons. The van der Waals surface area contributed by atoms with Crippen molar-refractivity contribution in [2.24, 2.45) is 0 Å². The first-order valence-electron chi connectivity index (χ1n) is 5.00. The fraction of sp³-hybridized carbons (Fsp3) is 0.417. The van der Waals surface area contributed by atoms with Gasteiger partial charge < -0.3 is 4.74 Å². The second kappa shape index (κ2) is 4.31. The van der Waals surface area contributed by atoms with Crippen LogP contribution in [0.2, 0.25) is 0 Å². The molecule has 1 nitrogen and oxygen atoms in total. The molecule has 0 bridgehead atoms. The summed E-state index contributed by atoms with van der Waals surface area (Å²) in [6.45, 7) is 0. The molecular formula is C12H15O. The third-order valence-corrected chi connectivity index (χ3v) is 2.40. The number of hydrogen-bond donors (Lipinski definition) is 0. The summed E-state index contributed by atoms with van der Waals surface area (Å²) in [5, 5.41) is 0. The maximum absolute atomic E-state index is 5.80.